The molecule has 1 amide bonds. The second-order valence-corrected chi connectivity index (χ2v) is 5.21. The van der Waals surface area contributed by atoms with Gasteiger partial charge < -0.3 is 4.84 Å². The van der Waals surface area contributed by atoms with E-state index in [0.717, 1.165) is 11.5 Å². The van der Waals surface area contributed by atoms with Crippen LogP contribution in [0.3, 0.4) is 0 Å². The smallest absolute Gasteiger partial charge is 0.334 e. The Morgan fingerprint density at radius 2 is 2.05 bits per heavy atom. The fraction of sp³-hybridized carbons (Fsp3) is 0.0909. The molecule has 2 aromatic rings. The minimum Gasteiger partial charge on any atom is -0.334 e. The first-order chi connectivity index (χ1) is 9.49. The average Bonchev–Trinajstić information content (AvgIpc) is 2.85. The SMILES string of the molecule is Cc1nnsc1C(=O)ONC(=O)c1ccc(Cl)c(Cl)c1. The van der Waals surface area contributed by atoms with E-state index in [1.165, 1.54) is 18.2 Å². The van der Waals surface area contributed by atoms with Crippen molar-refractivity contribution in [2.24, 2.45) is 0 Å². The van der Waals surface area contributed by atoms with Crippen molar-refractivity contribution in [1.82, 2.24) is 15.1 Å². The molecule has 0 spiro atoms. The molecule has 0 radical (unpaired) electrons. The number of nitrogens with zero attached hydrogens (tertiary/aromatic N) is 2. The summed E-state index contributed by atoms with van der Waals surface area (Å²) < 4.78 is 3.60. The van der Waals surface area contributed by atoms with Gasteiger partial charge in [0.25, 0.3) is 5.91 Å². The molecular weight excluding hydrogens is 325 g/mol. The molecule has 0 fully saturated rings. The van der Waals surface area contributed by atoms with E-state index >= 15 is 0 Å². The number of aryl methyl sites for hydroxylation is 1. The minimum absolute atomic E-state index is 0.214. The Morgan fingerprint density at radius 3 is 2.65 bits per heavy atom. The van der Waals surface area contributed by atoms with E-state index < -0.39 is 11.9 Å². The van der Waals surface area contributed by atoms with Gasteiger partial charge in [-0.25, -0.2) is 4.79 Å². The number of amides is 1. The number of hydroxylamine groups is 1. The van der Waals surface area contributed by atoms with Crippen LogP contribution < -0.4 is 5.48 Å². The Bertz CT molecular complexity index is 675. The van der Waals surface area contributed by atoms with Gasteiger partial charge in [0.05, 0.1) is 15.7 Å². The van der Waals surface area contributed by atoms with Crippen LogP contribution in [0.2, 0.25) is 10.0 Å². The number of carbonyl (C=O) groups is 2. The topological polar surface area (TPSA) is 81.2 Å². The van der Waals surface area contributed by atoms with Crippen molar-refractivity contribution in [3.8, 4) is 0 Å². The standard InChI is InChI=1S/C11H7Cl2N3O3S/c1-5-9(20-16-14-5)11(18)19-15-10(17)6-2-3-7(12)8(13)4-6/h2-4H,1H3,(H,15,17). The molecule has 0 aliphatic carbocycles. The van der Waals surface area contributed by atoms with Gasteiger partial charge in [-0.05, 0) is 36.7 Å². The molecule has 9 heteroatoms. The van der Waals surface area contributed by atoms with Crippen LogP contribution in [0, 0.1) is 6.92 Å². The predicted molar refractivity (Wildman–Crippen MR) is 74.0 cm³/mol. The number of halogens is 2. The lowest BCUT2D eigenvalue weighted by Crippen LogP contribution is -2.27. The lowest BCUT2D eigenvalue weighted by atomic mass is 10.2. The molecule has 0 aliphatic rings. The fourth-order valence-electron chi connectivity index (χ4n) is 1.25. The fourth-order valence-corrected chi connectivity index (χ4v) is 2.09. The Balaban J connectivity index is 2.00. The second-order valence-electron chi connectivity index (χ2n) is 3.64. The molecule has 0 atom stereocenters. The molecule has 0 bridgehead atoms. The van der Waals surface area contributed by atoms with Gasteiger partial charge >= 0.3 is 5.97 Å². The van der Waals surface area contributed by atoms with Crippen molar-refractivity contribution in [3.63, 3.8) is 0 Å². The Morgan fingerprint density at radius 1 is 1.30 bits per heavy atom. The highest BCUT2D eigenvalue weighted by Gasteiger charge is 2.17. The summed E-state index contributed by atoms with van der Waals surface area (Å²) in [5.41, 5.74) is 2.67. The van der Waals surface area contributed by atoms with Crippen LogP contribution in [-0.2, 0) is 4.84 Å². The summed E-state index contributed by atoms with van der Waals surface area (Å²) in [4.78, 5) is 28.3. The summed E-state index contributed by atoms with van der Waals surface area (Å²) in [6.45, 7) is 1.61. The second kappa shape index (κ2) is 6.17. The summed E-state index contributed by atoms with van der Waals surface area (Å²) in [7, 11) is 0. The molecule has 20 heavy (non-hydrogen) atoms. The maximum absolute atomic E-state index is 11.7. The first-order valence-electron chi connectivity index (χ1n) is 5.24. The highest BCUT2D eigenvalue weighted by molar-refractivity contribution is 7.07. The van der Waals surface area contributed by atoms with Crippen LogP contribution in [0.5, 0.6) is 0 Å². The van der Waals surface area contributed by atoms with Gasteiger partial charge in [0.15, 0.2) is 4.88 Å². The maximum Gasteiger partial charge on any atom is 0.376 e. The zero-order chi connectivity index (χ0) is 14.7. The lowest BCUT2D eigenvalue weighted by Gasteiger charge is -2.05. The van der Waals surface area contributed by atoms with Crippen LogP contribution in [-0.4, -0.2) is 21.5 Å². The predicted octanol–water partition coefficient (Wildman–Crippen LogP) is 2.66. The molecule has 1 N–H and O–H groups in total. The summed E-state index contributed by atoms with van der Waals surface area (Å²) in [5, 5.41) is 4.22. The van der Waals surface area contributed by atoms with E-state index in [1.54, 1.807) is 6.92 Å². The van der Waals surface area contributed by atoms with Crippen LogP contribution in [0.25, 0.3) is 0 Å². The third-order valence-corrected chi connectivity index (χ3v) is 3.80. The molecule has 1 heterocycles. The highest BCUT2D eigenvalue weighted by Crippen LogP contribution is 2.22. The molecule has 0 unspecified atom stereocenters. The molecule has 1 aromatic carbocycles. The van der Waals surface area contributed by atoms with Gasteiger partial charge in [-0.3, -0.25) is 4.79 Å². The summed E-state index contributed by atoms with van der Waals surface area (Å²) >= 11 is 12.4. The average molecular weight is 332 g/mol. The molecule has 0 saturated heterocycles. The lowest BCUT2D eigenvalue weighted by molar-refractivity contribution is 0.0234. The van der Waals surface area contributed by atoms with Crippen LogP contribution in [0.4, 0.5) is 0 Å². The zero-order valence-electron chi connectivity index (χ0n) is 10.0. The quantitative estimate of drug-likeness (QED) is 0.855. The highest BCUT2D eigenvalue weighted by atomic mass is 35.5. The maximum atomic E-state index is 11.7. The Kier molecular flexibility index (Phi) is 4.53. The number of hydrogen-bond donors (Lipinski definition) is 1. The first kappa shape index (κ1) is 14.7. The Labute approximate surface area is 127 Å². The minimum atomic E-state index is -0.731. The van der Waals surface area contributed by atoms with Gasteiger partial charge in [-0.1, -0.05) is 27.7 Å². The van der Waals surface area contributed by atoms with Crippen molar-refractivity contribution in [1.29, 1.82) is 0 Å². The first-order valence-corrected chi connectivity index (χ1v) is 6.77. The number of nitrogens with one attached hydrogen (secondary N) is 1. The normalized spacial score (nSPS) is 10.2. The number of benzene rings is 1. The van der Waals surface area contributed by atoms with Crippen LogP contribution in [0.1, 0.15) is 25.7 Å². The van der Waals surface area contributed by atoms with E-state index in [1.807, 2.05) is 5.48 Å². The number of carbonyl (C=O) groups excluding carboxylic acids is 2. The third kappa shape index (κ3) is 3.24. The van der Waals surface area contributed by atoms with Gasteiger partial charge in [0.1, 0.15) is 0 Å². The summed E-state index contributed by atoms with van der Waals surface area (Å²) in [6.07, 6.45) is 0. The monoisotopic (exact) mass is 331 g/mol. The molecule has 0 saturated carbocycles. The van der Waals surface area contributed by atoms with Crippen molar-refractivity contribution >= 4 is 46.6 Å². The van der Waals surface area contributed by atoms with E-state index in [9.17, 15) is 9.59 Å². The summed E-state index contributed by atoms with van der Waals surface area (Å²) in [6, 6.07) is 4.29. The zero-order valence-corrected chi connectivity index (χ0v) is 12.3. The molecular formula is C11H7Cl2N3O3S. The van der Waals surface area contributed by atoms with Crippen LogP contribution >= 0.6 is 34.7 Å². The van der Waals surface area contributed by atoms with Crippen molar-refractivity contribution in [3.05, 3.63) is 44.4 Å². The van der Waals surface area contributed by atoms with E-state index in [-0.39, 0.29) is 15.5 Å². The molecule has 2 rings (SSSR count). The van der Waals surface area contributed by atoms with Crippen LogP contribution in [0.15, 0.2) is 18.2 Å². The molecule has 6 nitrogen and oxygen atoms in total. The van der Waals surface area contributed by atoms with E-state index in [0.29, 0.717) is 10.7 Å². The van der Waals surface area contributed by atoms with Crippen molar-refractivity contribution in [2.75, 3.05) is 0 Å². The number of hydrogen-bond acceptors (Lipinski definition) is 6. The van der Waals surface area contributed by atoms with E-state index in [4.69, 9.17) is 23.2 Å². The summed E-state index contributed by atoms with van der Waals surface area (Å²) in [5.74, 6) is -1.35. The molecule has 1 aromatic heterocycles. The van der Waals surface area contributed by atoms with Gasteiger partial charge in [0.2, 0.25) is 0 Å². The molecule has 104 valence electrons. The van der Waals surface area contributed by atoms with Gasteiger partial charge in [-0.15, -0.1) is 5.10 Å². The number of aromatic nitrogens is 2. The largest absolute Gasteiger partial charge is 0.376 e. The van der Waals surface area contributed by atoms with Crippen molar-refractivity contribution in [2.45, 2.75) is 6.92 Å². The Hall–Kier alpha value is -1.70. The third-order valence-electron chi connectivity index (χ3n) is 2.26. The molecule has 0 aliphatic heterocycles. The number of rotatable bonds is 2. The van der Waals surface area contributed by atoms with E-state index in [2.05, 4.69) is 14.4 Å². The van der Waals surface area contributed by atoms with Gasteiger partial charge in [0, 0.05) is 5.56 Å². The van der Waals surface area contributed by atoms with Crippen molar-refractivity contribution < 1.29 is 14.4 Å². The van der Waals surface area contributed by atoms with Gasteiger partial charge in [-0.2, -0.15) is 5.48 Å².